The van der Waals surface area contributed by atoms with Gasteiger partial charge in [0.05, 0.1) is 5.69 Å². The summed E-state index contributed by atoms with van der Waals surface area (Å²) in [6.45, 7) is 0.583. The van der Waals surface area contributed by atoms with E-state index >= 15 is 0 Å². The van der Waals surface area contributed by atoms with Crippen LogP contribution in [0.4, 0.5) is 10.2 Å². The highest BCUT2D eigenvalue weighted by atomic mass is 32.2. The van der Waals surface area contributed by atoms with Gasteiger partial charge in [-0.3, -0.25) is 0 Å². The standard InChI is InChI=1S/C20H17FN4S/c1-26-20-24-18(15-5-3-2-4-6-15)17(13-22)19(25-20)23-12-11-14-7-9-16(21)10-8-14/h2-10H,11-12H2,1H3,(H,23,24,25). The van der Waals surface area contributed by atoms with E-state index < -0.39 is 0 Å². The molecule has 0 atom stereocenters. The summed E-state index contributed by atoms with van der Waals surface area (Å²) in [6, 6.07) is 18.2. The number of anilines is 1. The highest BCUT2D eigenvalue weighted by Crippen LogP contribution is 2.28. The molecule has 0 radical (unpaired) electrons. The molecular formula is C20H17FN4S. The Balaban J connectivity index is 1.86. The van der Waals surface area contributed by atoms with Crippen LogP contribution in [-0.4, -0.2) is 22.8 Å². The number of hydrogen-bond donors (Lipinski definition) is 1. The van der Waals surface area contributed by atoms with E-state index in [1.807, 2.05) is 36.6 Å². The van der Waals surface area contributed by atoms with Gasteiger partial charge in [0.1, 0.15) is 23.3 Å². The first-order valence-electron chi connectivity index (χ1n) is 8.11. The average molecular weight is 364 g/mol. The fraction of sp³-hybridized carbons (Fsp3) is 0.150. The maximum atomic E-state index is 13.0. The summed E-state index contributed by atoms with van der Waals surface area (Å²) < 4.78 is 13.0. The Morgan fingerprint density at radius 1 is 1.08 bits per heavy atom. The Hall–Kier alpha value is -2.91. The molecule has 1 aromatic heterocycles. The number of halogens is 1. The van der Waals surface area contributed by atoms with Crippen LogP contribution in [-0.2, 0) is 6.42 Å². The van der Waals surface area contributed by atoms with Crippen molar-refractivity contribution in [2.24, 2.45) is 0 Å². The molecule has 0 unspecified atom stereocenters. The molecule has 3 rings (SSSR count). The topological polar surface area (TPSA) is 61.6 Å². The van der Waals surface area contributed by atoms with Gasteiger partial charge in [-0.15, -0.1) is 0 Å². The first-order valence-corrected chi connectivity index (χ1v) is 9.33. The fourth-order valence-corrected chi connectivity index (χ4v) is 2.91. The summed E-state index contributed by atoms with van der Waals surface area (Å²) in [4.78, 5) is 8.97. The maximum absolute atomic E-state index is 13.0. The van der Waals surface area contributed by atoms with Crippen LogP contribution < -0.4 is 5.32 Å². The molecule has 3 aromatic rings. The van der Waals surface area contributed by atoms with Crippen LogP contribution in [0.15, 0.2) is 59.8 Å². The van der Waals surface area contributed by atoms with Crippen LogP contribution in [0, 0.1) is 17.1 Å². The van der Waals surface area contributed by atoms with E-state index in [9.17, 15) is 9.65 Å². The Bertz CT molecular complexity index is 921. The number of aromatic nitrogens is 2. The van der Waals surface area contributed by atoms with Gasteiger partial charge in [-0.05, 0) is 30.4 Å². The first kappa shape index (κ1) is 17.9. The third-order valence-corrected chi connectivity index (χ3v) is 4.40. The summed E-state index contributed by atoms with van der Waals surface area (Å²) in [5.74, 6) is 0.272. The number of hydrogen-bond acceptors (Lipinski definition) is 5. The minimum Gasteiger partial charge on any atom is -0.368 e. The zero-order chi connectivity index (χ0) is 18.4. The molecule has 0 bridgehead atoms. The zero-order valence-electron chi connectivity index (χ0n) is 14.2. The first-order chi connectivity index (χ1) is 12.7. The lowest BCUT2D eigenvalue weighted by atomic mass is 10.1. The van der Waals surface area contributed by atoms with Crippen molar-refractivity contribution in [3.8, 4) is 17.3 Å². The number of thioether (sulfide) groups is 1. The smallest absolute Gasteiger partial charge is 0.189 e. The third kappa shape index (κ3) is 4.19. The molecule has 0 aliphatic heterocycles. The number of nitrogens with zero attached hydrogens (tertiary/aromatic N) is 3. The van der Waals surface area contributed by atoms with E-state index in [2.05, 4.69) is 21.4 Å². The van der Waals surface area contributed by atoms with Crippen molar-refractivity contribution in [2.75, 3.05) is 18.1 Å². The maximum Gasteiger partial charge on any atom is 0.189 e. The highest BCUT2D eigenvalue weighted by Gasteiger charge is 2.15. The lowest BCUT2D eigenvalue weighted by Crippen LogP contribution is -2.10. The second-order valence-corrected chi connectivity index (χ2v) is 6.34. The van der Waals surface area contributed by atoms with Crippen molar-refractivity contribution in [2.45, 2.75) is 11.6 Å². The van der Waals surface area contributed by atoms with Gasteiger partial charge in [0.15, 0.2) is 5.16 Å². The summed E-state index contributed by atoms with van der Waals surface area (Å²) in [6.07, 6.45) is 2.60. The van der Waals surface area contributed by atoms with E-state index in [0.717, 1.165) is 11.1 Å². The summed E-state index contributed by atoms with van der Waals surface area (Å²) in [5, 5.41) is 13.5. The van der Waals surface area contributed by atoms with Crippen molar-refractivity contribution in [3.63, 3.8) is 0 Å². The van der Waals surface area contributed by atoms with Gasteiger partial charge >= 0.3 is 0 Å². The molecule has 0 fully saturated rings. The number of rotatable bonds is 6. The van der Waals surface area contributed by atoms with Crippen LogP contribution >= 0.6 is 11.8 Å². The second kappa shape index (κ2) is 8.45. The zero-order valence-corrected chi connectivity index (χ0v) is 15.1. The fourth-order valence-electron chi connectivity index (χ4n) is 2.55. The van der Waals surface area contributed by atoms with Crippen LogP contribution in [0.5, 0.6) is 0 Å². The molecule has 2 aromatic carbocycles. The van der Waals surface area contributed by atoms with Gasteiger partial charge in [-0.25, -0.2) is 14.4 Å². The lowest BCUT2D eigenvalue weighted by Gasteiger charge is -2.12. The third-order valence-electron chi connectivity index (χ3n) is 3.85. The summed E-state index contributed by atoms with van der Waals surface area (Å²) in [5.41, 5.74) is 2.94. The predicted octanol–water partition coefficient (Wildman–Crippen LogP) is 4.53. The van der Waals surface area contributed by atoms with Gasteiger partial charge in [0.25, 0.3) is 0 Å². The highest BCUT2D eigenvalue weighted by molar-refractivity contribution is 7.98. The lowest BCUT2D eigenvalue weighted by molar-refractivity contribution is 0.627. The molecule has 0 spiro atoms. The predicted molar refractivity (Wildman–Crippen MR) is 103 cm³/mol. The van der Waals surface area contributed by atoms with Crippen molar-refractivity contribution in [1.29, 1.82) is 5.26 Å². The summed E-state index contributed by atoms with van der Waals surface area (Å²) >= 11 is 1.43. The molecule has 4 nitrogen and oxygen atoms in total. The minimum atomic E-state index is -0.249. The minimum absolute atomic E-state index is 0.249. The van der Waals surface area contributed by atoms with E-state index in [0.29, 0.717) is 35.2 Å². The van der Waals surface area contributed by atoms with Gasteiger partial charge < -0.3 is 5.32 Å². The second-order valence-electron chi connectivity index (χ2n) is 5.56. The van der Waals surface area contributed by atoms with E-state index in [-0.39, 0.29) is 5.82 Å². The molecule has 6 heteroatoms. The molecular weight excluding hydrogens is 347 g/mol. The Labute approximate surface area is 156 Å². The van der Waals surface area contributed by atoms with E-state index in [4.69, 9.17) is 0 Å². The molecule has 0 saturated heterocycles. The molecule has 26 heavy (non-hydrogen) atoms. The normalized spacial score (nSPS) is 10.3. The van der Waals surface area contributed by atoms with Gasteiger partial charge in [-0.2, -0.15) is 5.26 Å². The Morgan fingerprint density at radius 2 is 1.81 bits per heavy atom. The van der Waals surface area contributed by atoms with Crippen LogP contribution in [0.25, 0.3) is 11.3 Å². The van der Waals surface area contributed by atoms with E-state index in [1.54, 1.807) is 12.1 Å². The number of nitrogens with one attached hydrogen (secondary N) is 1. The summed E-state index contributed by atoms with van der Waals surface area (Å²) in [7, 11) is 0. The van der Waals surface area contributed by atoms with Crippen molar-refractivity contribution in [1.82, 2.24) is 9.97 Å². The number of benzene rings is 2. The quantitative estimate of drug-likeness (QED) is 0.514. The van der Waals surface area contributed by atoms with Gasteiger partial charge in [0.2, 0.25) is 0 Å². The molecule has 1 N–H and O–H groups in total. The van der Waals surface area contributed by atoms with Crippen LogP contribution in [0.3, 0.4) is 0 Å². The molecule has 0 aliphatic carbocycles. The largest absolute Gasteiger partial charge is 0.368 e. The van der Waals surface area contributed by atoms with Crippen LogP contribution in [0.2, 0.25) is 0 Å². The Morgan fingerprint density at radius 3 is 2.46 bits per heavy atom. The van der Waals surface area contributed by atoms with Crippen molar-refractivity contribution >= 4 is 17.6 Å². The van der Waals surface area contributed by atoms with Gasteiger partial charge in [0, 0.05) is 12.1 Å². The molecule has 0 saturated carbocycles. The molecule has 0 amide bonds. The monoisotopic (exact) mass is 364 g/mol. The average Bonchev–Trinajstić information content (AvgIpc) is 2.69. The van der Waals surface area contributed by atoms with Crippen molar-refractivity contribution in [3.05, 3.63) is 71.5 Å². The number of nitriles is 1. The molecule has 1 heterocycles. The van der Waals surface area contributed by atoms with Crippen LogP contribution in [0.1, 0.15) is 11.1 Å². The van der Waals surface area contributed by atoms with Crippen molar-refractivity contribution < 1.29 is 4.39 Å². The molecule has 0 aliphatic rings. The SMILES string of the molecule is CSc1nc(NCCc2ccc(F)cc2)c(C#N)c(-c2ccccc2)n1. The Kier molecular flexibility index (Phi) is 5.82. The molecule has 130 valence electrons. The van der Waals surface area contributed by atoms with E-state index in [1.165, 1.54) is 23.9 Å². The van der Waals surface area contributed by atoms with Gasteiger partial charge in [-0.1, -0.05) is 54.2 Å².